The van der Waals surface area contributed by atoms with Crippen molar-refractivity contribution in [1.82, 2.24) is 0 Å². The van der Waals surface area contributed by atoms with Gasteiger partial charge in [0.15, 0.2) is 0 Å². The molecule has 0 saturated heterocycles. The first-order valence-corrected chi connectivity index (χ1v) is 7.21. The Labute approximate surface area is 115 Å². The van der Waals surface area contributed by atoms with E-state index in [1.165, 1.54) is 23.1 Å². The minimum atomic E-state index is 0.0472. The Morgan fingerprint density at radius 2 is 2.16 bits per heavy atom. The predicted molar refractivity (Wildman–Crippen MR) is 78.4 cm³/mol. The molecular weight excluding hydrogens is 236 g/mol. The Kier molecular flexibility index (Phi) is 4.78. The number of aliphatic hydroxyl groups is 2. The fourth-order valence-electron chi connectivity index (χ4n) is 3.08. The smallest absolute Gasteiger partial charge is 0.0612 e. The molecule has 1 aromatic carbocycles. The van der Waals surface area contributed by atoms with Gasteiger partial charge in [-0.2, -0.15) is 0 Å². The number of aryl methyl sites for hydroxylation is 2. The summed E-state index contributed by atoms with van der Waals surface area (Å²) >= 11 is 0. The molecule has 0 aromatic heterocycles. The minimum Gasteiger partial charge on any atom is -0.396 e. The predicted octanol–water partition coefficient (Wildman–Crippen LogP) is 2.75. The van der Waals surface area contributed by atoms with Crippen LogP contribution in [0, 0.1) is 0 Å². The number of hydrogen-bond donors (Lipinski definition) is 2. The summed E-state index contributed by atoms with van der Waals surface area (Å²) in [5.74, 6) is 0. The summed E-state index contributed by atoms with van der Waals surface area (Å²) in [6.07, 6.45) is 9.26. The number of aliphatic hydroxyl groups excluding tert-OH is 2. The first-order chi connectivity index (χ1) is 9.19. The summed E-state index contributed by atoms with van der Waals surface area (Å²) in [5.41, 5.74) is 4.19. The molecule has 2 N–H and O–H groups in total. The normalized spacial score (nSPS) is 22.7. The van der Waals surface area contributed by atoms with Gasteiger partial charge in [-0.15, -0.1) is 0 Å². The molecule has 2 nitrogen and oxygen atoms in total. The highest BCUT2D eigenvalue weighted by molar-refractivity contribution is 5.42. The van der Waals surface area contributed by atoms with E-state index in [2.05, 4.69) is 31.2 Å². The van der Waals surface area contributed by atoms with Crippen LogP contribution < -0.4 is 0 Å². The molecule has 1 aliphatic carbocycles. The third-order valence-electron chi connectivity index (χ3n) is 4.15. The molecule has 0 amide bonds. The maximum atomic E-state index is 9.02. The molecule has 1 aliphatic rings. The summed E-state index contributed by atoms with van der Waals surface area (Å²) in [7, 11) is 0. The van der Waals surface area contributed by atoms with Gasteiger partial charge in [-0.3, -0.25) is 0 Å². The SMILES string of the molecule is CC1(C=CCO)CCCc2ccc(CCCO)cc21. The third-order valence-corrected chi connectivity index (χ3v) is 4.15. The molecular formula is C17H24O2. The molecule has 1 unspecified atom stereocenters. The molecule has 0 fully saturated rings. The minimum absolute atomic E-state index is 0.0472. The fourth-order valence-corrected chi connectivity index (χ4v) is 3.08. The third kappa shape index (κ3) is 3.26. The molecule has 104 valence electrons. The van der Waals surface area contributed by atoms with Crippen LogP contribution in [0.1, 0.15) is 42.9 Å². The molecule has 19 heavy (non-hydrogen) atoms. The second-order valence-corrected chi connectivity index (χ2v) is 5.67. The number of benzene rings is 1. The number of allylic oxidation sites excluding steroid dienone is 1. The number of hydrogen-bond acceptors (Lipinski definition) is 2. The van der Waals surface area contributed by atoms with Crippen molar-refractivity contribution in [2.24, 2.45) is 0 Å². The average Bonchev–Trinajstić information content (AvgIpc) is 2.44. The van der Waals surface area contributed by atoms with E-state index >= 15 is 0 Å². The topological polar surface area (TPSA) is 40.5 Å². The van der Waals surface area contributed by atoms with Crippen LogP contribution in [0.2, 0.25) is 0 Å². The van der Waals surface area contributed by atoms with Crippen LogP contribution in [0.25, 0.3) is 0 Å². The van der Waals surface area contributed by atoms with E-state index in [4.69, 9.17) is 10.2 Å². The van der Waals surface area contributed by atoms with Gasteiger partial charge in [0.1, 0.15) is 0 Å². The quantitative estimate of drug-likeness (QED) is 0.799. The van der Waals surface area contributed by atoms with Gasteiger partial charge in [0.25, 0.3) is 0 Å². The Balaban J connectivity index is 2.32. The van der Waals surface area contributed by atoms with E-state index in [0.29, 0.717) is 0 Å². The lowest BCUT2D eigenvalue weighted by Crippen LogP contribution is -2.25. The maximum absolute atomic E-state index is 9.02. The molecule has 2 heteroatoms. The van der Waals surface area contributed by atoms with Crippen LogP contribution in [-0.4, -0.2) is 23.4 Å². The van der Waals surface area contributed by atoms with Crippen molar-refractivity contribution in [3.63, 3.8) is 0 Å². The summed E-state index contributed by atoms with van der Waals surface area (Å²) in [5, 5.41) is 18.0. The molecule has 0 heterocycles. The maximum Gasteiger partial charge on any atom is 0.0612 e. The second-order valence-electron chi connectivity index (χ2n) is 5.67. The number of rotatable bonds is 5. The monoisotopic (exact) mass is 260 g/mol. The van der Waals surface area contributed by atoms with E-state index in [0.717, 1.165) is 25.7 Å². The van der Waals surface area contributed by atoms with Gasteiger partial charge in [0.2, 0.25) is 0 Å². The molecule has 0 radical (unpaired) electrons. The largest absolute Gasteiger partial charge is 0.396 e. The Morgan fingerprint density at radius 1 is 1.32 bits per heavy atom. The Bertz CT molecular complexity index is 451. The van der Waals surface area contributed by atoms with Crippen LogP contribution in [0.15, 0.2) is 30.4 Å². The van der Waals surface area contributed by atoms with Gasteiger partial charge in [-0.25, -0.2) is 0 Å². The van der Waals surface area contributed by atoms with Crippen molar-refractivity contribution in [3.05, 3.63) is 47.0 Å². The van der Waals surface area contributed by atoms with Gasteiger partial charge < -0.3 is 10.2 Å². The Morgan fingerprint density at radius 3 is 2.89 bits per heavy atom. The van der Waals surface area contributed by atoms with Crippen molar-refractivity contribution >= 4 is 0 Å². The van der Waals surface area contributed by atoms with Crippen molar-refractivity contribution < 1.29 is 10.2 Å². The van der Waals surface area contributed by atoms with Crippen molar-refractivity contribution in [1.29, 1.82) is 0 Å². The van der Waals surface area contributed by atoms with E-state index in [9.17, 15) is 0 Å². The summed E-state index contributed by atoms with van der Waals surface area (Å²) in [6.45, 7) is 2.61. The van der Waals surface area contributed by atoms with Crippen molar-refractivity contribution in [3.8, 4) is 0 Å². The molecule has 0 aliphatic heterocycles. The molecule has 2 rings (SSSR count). The average molecular weight is 260 g/mol. The summed E-state index contributed by atoms with van der Waals surface area (Å²) in [4.78, 5) is 0. The lowest BCUT2D eigenvalue weighted by Gasteiger charge is -2.34. The van der Waals surface area contributed by atoms with Crippen LogP contribution >= 0.6 is 0 Å². The van der Waals surface area contributed by atoms with Gasteiger partial charge in [0, 0.05) is 12.0 Å². The highest BCUT2D eigenvalue weighted by Crippen LogP contribution is 2.38. The van der Waals surface area contributed by atoms with Gasteiger partial charge in [-0.05, 0) is 48.8 Å². The van der Waals surface area contributed by atoms with E-state index in [-0.39, 0.29) is 18.6 Å². The summed E-state index contributed by atoms with van der Waals surface area (Å²) in [6, 6.07) is 6.73. The standard InChI is InChI=1S/C17H24O2/c1-17(10-4-12-19)9-2-6-15-8-7-14(5-3-11-18)13-16(15)17/h4,7-8,10,13,18-19H,2-3,5-6,9,11-12H2,1H3. The molecule has 0 saturated carbocycles. The zero-order valence-electron chi connectivity index (χ0n) is 11.7. The van der Waals surface area contributed by atoms with E-state index in [1.54, 1.807) is 0 Å². The molecule has 1 aromatic rings. The first-order valence-electron chi connectivity index (χ1n) is 7.21. The molecule has 0 spiro atoms. The lowest BCUT2D eigenvalue weighted by atomic mass is 9.70. The lowest BCUT2D eigenvalue weighted by molar-refractivity contribution is 0.288. The van der Waals surface area contributed by atoms with Crippen molar-refractivity contribution in [2.45, 2.75) is 44.4 Å². The Hall–Kier alpha value is -1.12. The molecule has 1 atom stereocenters. The van der Waals surface area contributed by atoms with Gasteiger partial charge in [0.05, 0.1) is 6.61 Å². The first kappa shape index (κ1) is 14.3. The number of fused-ring (bicyclic) bond motifs is 1. The van der Waals surface area contributed by atoms with E-state index < -0.39 is 0 Å². The summed E-state index contributed by atoms with van der Waals surface area (Å²) < 4.78 is 0. The van der Waals surface area contributed by atoms with Crippen molar-refractivity contribution in [2.75, 3.05) is 13.2 Å². The second kappa shape index (κ2) is 6.36. The van der Waals surface area contributed by atoms with Gasteiger partial charge in [-0.1, -0.05) is 37.3 Å². The molecule has 0 bridgehead atoms. The highest BCUT2D eigenvalue weighted by atomic mass is 16.3. The van der Waals surface area contributed by atoms with Crippen LogP contribution in [0.3, 0.4) is 0 Å². The van der Waals surface area contributed by atoms with Crippen LogP contribution in [0.4, 0.5) is 0 Å². The van der Waals surface area contributed by atoms with Crippen LogP contribution in [0.5, 0.6) is 0 Å². The fraction of sp³-hybridized carbons (Fsp3) is 0.529. The van der Waals surface area contributed by atoms with E-state index in [1.807, 2.05) is 6.08 Å². The highest BCUT2D eigenvalue weighted by Gasteiger charge is 2.29. The zero-order valence-corrected chi connectivity index (χ0v) is 11.7. The van der Waals surface area contributed by atoms with Gasteiger partial charge >= 0.3 is 0 Å². The van der Waals surface area contributed by atoms with Crippen LogP contribution in [-0.2, 0) is 18.3 Å². The zero-order chi connectivity index (χ0) is 13.7.